The standard InChI is InChI=1S/C9H23NOPS2/c1-6-12(13,7-2)14-11-9-8-10(3,4)5/h6-9H2,1-5H3/q+1. The van der Waals surface area contributed by atoms with Crippen molar-refractivity contribution in [3.8, 4) is 0 Å². The Kier molecular flexibility index (Phi) is 6.92. The molecular weight excluding hydrogens is 233 g/mol. The Morgan fingerprint density at radius 1 is 1.21 bits per heavy atom. The van der Waals surface area contributed by atoms with Gasteiger partial charge >= 0.3 is 0 Å². The molecule has 0 rings (SSSR count). The van der Waals surface area contributed by atoms with Crippen molar-refractivity contribution in [3.63, 3.8) is 0 Å². The molecule has 86 valence electrons. The summed E-state index contributed by atoms with van der Waals surface area (Å²) in [6.07, 6.45) is 2.18. The Morgan fingerprint density at radius 3 is 2.07 bits per heavy atom. The van der Waals surface area contributed by atoms with Gasteiger partial charge in [-0.1, -0.05) is 25.7 Å². The predicted molar refractivity (Wildman–Crippen MR) is 71.8 cm³/mol. The van der Waals surface area contributed by atoms with Gasteiger partial charge in [-0.3, -0.25) is 0 Å². The van der Waals surface area contributed by atoms with Gasteiger partial charge in [-0.25, -0.2) is 0 Å². The molecule has 0 fully saturated rings. The van der Waals surface area contributed by atoms with Crippen LogP contribution in [0.5, 0.6) is 0 Å². The zero-order valence-corrected chi connectivity index (χ0v) is 12.5. The lowest BCUT2D eigenvalue weighted by molar-refractivity contribution is -0.870. The Labute approximate surface area is 97.9 Å². The molecular formula is C9H23NOPS2+. The molecule has 5 heteroatoms. The zero-order valence-electron chi connectivity index (χ0n) is 9.95. The molecule has 0 saturated carbocycles. The third-order valence-corrected chi connectivity index (χ3v) is 9.25. The number of hydrogen-bond donors (Lipinski definition) is 0. The van der Waals surface area contributed by atoms with E-state index in [1.54, 1.807) is 11.7 Å². The van der Waals surface area contributed by atoms with E-state index in [9.17, 15) is 0 Å². The van der Waals surface area contributed by atoms with Crippen molar-refractivity contribution >= 4 is 28.7 Å². The van der Waals surface area contributed by atoms with Crippen LogP contribution in [-0.2, 0) is 16.0 Å². The minimum Gasteiger partial charge on any atom is -0.329 e. The molecule has 0 bridgehead atoms. The van der Waals surface area contributed by atoms with Gasteiger partial charge in [0.15, 0.2) is 0 Å². The number of hydrogen-bond acceptors (Lipinski definition) is 3. The van der Waals surface area contributed by atoms with Crippen LogP contribution < -0.4 is 0 Å². The lowest BCUT2D eigenvalue weighted by atomic mass is 10.5. The Morgan fingerprint density at radius 2 is 1.71 bits per heavy atom. The van der Waals surface area contributed by atoms with Crippen LogP contribution in [0.3, 0.4) is 0 Å². The van der Waals surface area contributed by atoms with Crippen LogP contribution in [0, 0.1) is 0 Å². The second kappa shape index (κ2) is 6.49. The van der Waals surface area contributed by atoms with Crippen LogP contribution in [0.15, 0.2) is 0 Å². The largest absolute Gasteiger partial charge is 0.329 e. The quantitative estimate of drug-likeness (QED) is 0.300. The molecule has 0 aliphatic rings. The number of rotatable bonds is 7. The van der Waals surface area contributed by atoms with Crippen molar-refractivity contribution in [2.24, 2.45) is 0 Å². The Balaban J connectivity index is 3.69. The van der Waals surface area contributed by atoms with Crippen molar-refractivity contribution in [3.05, 3.63) is 0 Å². The van der Waals surface area contributed by atoms with Crippen molar-refractivity contribution in [1.29, 1.82) is 0 Å². The molecule has 0 aromatic heterocycles. The fourth-order valence-corrected chi connectivity index (χ4v) is 3.59. The van der Waals surface area contributed by atoms with Gasteiger partial charge in [0.1, 0.15) is 13.2 Å². The molecule has 2 nitrogen and oxygen atoms in total. The number of likely N-dealkylation sites (N-methyl/N-ethyl adjacent to an activating group) is 1. The average molecular weight is 256 g/mol. The highest BCUT2D eigenvalue weighted by atomic mass is 32.9. The molecule has 0 aromatic rings. The summed E-state index contributed by atoms with van der Waals surface area (Å²) in [5.41, 5.74) is 0. The lowest BCUT2D eigenvalue weighted by Crippen LogP contribution is -2.37. The van der Waals surface area contributed by atoms with E-state index in [1.807, 2.05) is 0 Å². The number of nitrogens with zero attached hydrogens (tertiary/aromatic N) is 1. The Bertz CT molecular complexity index is 195. The zero-order chi connectivity index (χ0) is 11.2. The van der Waals surface area contributed by atoms with E-state index in [1.165, 1.54) is 0 Å². The molecule has 0 aliphatic carbocycles. The third-order valence-electron chi connectivity index (χ3n) is 2.00. The van der Waals surface area contributed by atoms with E-state index in [-0.39, 0.29) is 0 Å². The van der Waals surface area contributed by atoms with E-state index in [0.29, 0.717) is 0 Å². The summed E-state index contributed by atoms with van der Waals surface area (Å²) in [6, 6.07) is 0. The van der Waals surface area contributed by atoms with Crippen LogP contribution in [0.25, 0.3) is 0 Å². The first-order valence-electron chi connectivity index (χ1n) is 5.03. The van der Waals surface area contributed by atoms with Crippen molar-refractivity contribution in [2.45, 2.75) is 13.8 Å². The predicted octanol–water partition coefficient (Wildman–Crippen LogP) is 2.79. The minimum absolute atomic E-state index is 0.798. The highest BCUT2D eigenvalue weighted by molar-refractivity contribution is 8.69. The molecule has 0 amide bonds. The summed E-state index contributed by atoms with van der Waals surface area (Å²) in [4.78, 5) is 0. The van der Waals surface area contributed by atoms with Crippen molar-refractivity contribution in [2.75, 3.05) is 46.6 Å². The van der Waals surface area contributed by atoms with Crippen LogP contribution in [0.1, 0.15) is 13.8 Å². The van der Waals surface area contributed by atoms with E-state index < -0.39 is 5.24 Å². The molecule has 0 atom stereocenters. The van der Waals surface area contributed by atoms with Gasteiger partial charge in [0.2, 0.25) is 0 Å². The molecule has 14 heavy (non-hydrogen) atoms. The third kappa shape index (κ3) is 7.24. The van der Waals surface area contributed by atoms with Crippen molar-refractivity contribution < 1.29 is 8.67 Å². The normalized spacial score (nSPS) is 13.2. The van der Waals surface area contributed by atoms with Crippen LogP contribution in [0.4, 0.5) is 0 Å². The van der Waals surface area contributed by atoms with Gasteiger partial charge in [0, 0.05) is 16.9 Å². The first-order valence-corrected chi connectivity index (χ1v) is 9.54. The second-order valence-corrected chi connectivity index (χ2v) is 13.0. The lowest BCUT2D eigenvalue weighted by Gasteiger charge is -2.24. The summed E-state index contributed by atoms with van der Waals surface area (Å²) < 4.78 is 6.55. The minimum atomic E-state index is -1.24. The second-order valence-electron chi connectivity index (χ2n) is 4.36. The van der Waals surface area contributed by atoms with E-state index in [4.69, 9.17) is 16.0 Å². The summed E-state index contributed by atoms with van der Waals surface area (Å²) >= 11 is 7.14. The van der Waals surface area contributed by atoms with Gasteiger partial charge in [0.05, 0.1) is 21.1 Å². The first kappa shape index (κ1) is 14.9. The summed E-state index contributed by atoms with van der Waals surface area (Å²) in [6.45, 7) is 6.17. The Hall–Kier alpha value is 0.920. The van der Waals surface area contributed by atoms with Gasteiger partial charge < -0.3 is 8.67 Å². The highest BCUT2D eigenvalue weighted by Crippen LogP contribution is 2.58. The molecule has 0 unspecified atom stereocenters. The van der Waals surface area contributed by atoms with E-state index in [2.05, 4.69) is 35.0 Å². The van der Waals surface area contributed by atoms with E-state index >= 15 is 0 Å². The van der Waals surface area contributed by atoms with Crippen LogP contribution in [-0.4, -0.2) is 51.1 Å². The van der Waals surface area contributed by atoms with E-state index in [0.717, 1.165) is 30.0 Å². The summed E-state index contributed by atoms with van der Waals surface area (Å²) in [7, 11) is 6.51. The summed E-state index contributed by atoms with van der Waals surface area (Å²) in [5, 5.41) is -1.24. The first-order chi connectivity index (χ1) is 6.33. The summed E-state index contributed by atoms with van der Waals surface area (Å²) in [5.74, 6) is 0. The molecule has 0 N–H and O–H groups in total. The molecule has 0 saturated heterocycles. The number of quaternary nitrogens is 1. The molecule has 0 spiro atoms. The topological polar surface area (TPSA) is 9.23 Å². The highest BCUT2D eigenvalue weighted by Gasteiger charge is 2.14. The van der Waals surface area contributed by atoms with Gasteiger partial charge in [-0.15, -0.1) is 0 Å². The maximum absolute atomic E-state index is 5.60. The maximum Gasteiger partial charge on any atom is 0.111 e. The molecule has 0 aliphatic heterocycles. The monoisotopic (exact) mass is 256 g/mol. The fourth-order valence-electron chi connectivity index (χ4n) is 0.773. The molecule has 0 radical (unpaired) electrons. The smallest absolute Gasteiger partial charge is 0.111 e. The van der Waals surface area contributed by atoms with Crippen LogP contribution >= 0.6 is 16.9 Å². The van der Waals surface area contributed by atoms with Crippen LogP contribution in [0.2, 0.25) is 0 Å². The van der Waals surface area contributed by atoms with Gasteiger partial charge in [0.25, 0.3) is 0 Å². The molecule has 0 aromatic carbocycles. The SMILES string of the molecule is CCP(=S)(CC)SOCC[N+](C)(C)C. The average Bonchev–Trinajstić information content (AvgIpc) is 2.11. The van der Waals surface area contributed by atoms with Gasteiger partial charge in [-0.2, -0.15) is 0 Å². The van der Waals surface area contributed by atoms with Gasteiger partial charge in [-0.05, 0) is 12.3 Å². The fraction of sp³-hybridized carbons (Fsp3) is 1.00. The molecule has 0 heterocycles. The maximum atomic E-state index is 5.60. The van der Waals surface area contributed by atoms with Crippen molar-refractivity contribution in [1.82, 2.24) is 0 Å².